The summed E-state index contributed by atoms with van der Waals surface area (Å²) in [4.78, 5) is 27.4. The largest absolute Gasteiger partial charge is 0.477 e. The Morgan fingerprint density at radius 2 is 2.00 bits per heavy atom. The van der Waals surface area contributed by atoms with Gasteiger partial charge in [-0.1, -0.05) is 24.8 Å². The van der Waals surface area contributed by atoms with Gasteiger partial charge in [-0.2, -0.15) is 0 Å². The van der Waals surface area contributed by atoms with Crippen molar-refractivity contribution < 1.29 is 14.7 Å². The van der Waals surface area contributed by atoms with Gasteiger partial charge in [0.2, 0.25) is 0 Å². The zero-order valence-electron chi connectivity index (χ0n) is 17.0. The zero-order valence-corrected chi connectivity index (χ0v) is 17.9. The summed E-state index contributed by atoms with van der Waals surface area (Å²) in [5, 5.41) is 9.67. The second-order valence-corrected chi connectivity index (χ2v) is 9.56. The first-order valence-electron chi connectivity index (χ1n) is 9.42. The van der Waals surface area contributed by atoms with E-state index in [1.807, 2.05) is 40.7 Å². The molecule has 1 aliphatic rings. The van der Waals surface area contributed by atoms with Crippen LogP contribution >= 0.6 is 11.3 Å². The highest BCUT2D eigenvalue weighted by Crippen LogP contribution is 2.34. The Labute approximate surface area is 166 Å². The smallest absolute Gasteiger partial charge is 0.348 e. The van der Waals surface area contributed by atoms with Gasteiger partial charge in [-0.05, 0) is 65.9 Å². The van der Waals surface area contributed by atoms with Crippen LogP contribution in [-0.4, -0.2) is 23.0 Å². The number of hydrogen-bond donors (Lipinski definition) is 1. The fourth-order valence-electron chi connectivity index (χ4n) is 2.96. The van der Waals surface area contributed by atoms with Crippen LogP contribution in [0, 0.1) is 23.2 Å². The molecule has 0 bridgehead atoms. The molecule has 0 aliphatic heterocycles. The molecule has 2 rings (SSSR count). The number of nitrogens with zero attached hydrogens (tertiary/aromatic N) is 1. The average molecular weight is 388 g/mol. The molecular weight excluding hydrogens is 358 g/mol. The van der Waals surface area contributed by atoms with E-state index in [2.05, 4.69) is 18.8 Å². The Bertz CT molecular complexity index is 815. The predicted molar refractivity (Wildman–Crippen MR) is 111 cm³/mol. The molecule has 0 fully saturated rings. The molecule has 1 atom stereocenters. The molecule has 0 radical (unpaired) electrons. The van der Waals surface area contributed by atoms with Gasteiger partial charge >= 0.3 is 5.97 Å². The lowest BCUT2D eigenvalue weighted by molar-refractivity contribution is -0.115. The highest BCUT2D eigenvalue weighted by Gasteiger charge is 2.29. The van der Waals surface area contributed by atoms with Crippen LogP contribution in [0.3, 0.4) is 0 Å². The van der Waals surface area contributed by atoms with E-state index in [1.54, 1.807) is 11.0 Å². The summed E-state index contributed by atoms with van der Waals surface area (Å²) in [6, 6.07) is 1.60. The molecule has 1 aliphatic carbocycles. The minimum Gasteiger partial charge on any atom is -0.477 e. The molecule has 1 heterocycles. The first-order chi connectivity index (χ1) is 12.5. The monoisotopic (exact) mass is 387 g/mol. The van der Waals surface area contributed by atoms with Gasteiger partial charge < -0.3 is 10.0 Å². The standard InChI is InChI=1S/C22H29NO3S/c1-14(2)23(20(24)16-9-7-15(3)8-10-16)18-13-17(11-12-22(4,5)6)27-19(18)21(25)26/h9,13-15H,7-8,10H2,1-6H3,(H,25,26). The number of carbonyl (C=O) groups excluding carboxylic acids is 1. The number of carboxylic acid groups (broad SMARTS) is 1. The molecule has 27 heavy (non-hydrogen) atoms. The Morgan fingerprint density at radius 1 is 1.33 bits per heavy atom. The van der Waals surface area contributed by atoms with Gasteiger partial charge in [0.1, 0.15) is 4.88 Å². The molecule has 0 spiro atoms. The summed E-state index contributed by atoms with van der Waals surface area (Å²) in [6.45, 7) is 12.0. The summed E-state index contributed by atoms with van der Waals surface area (Å²) in [7, 11) is 0. The van der Waals surface area contributed by atoms with Gasteiger partial charge in [-0.15, -0.1) is 11.3 Å². The summed E-state index contributed by atoms with van der Waals surface area (Å²) in [6.07, 6.45) is 4.64. The molecular formula is C22H29NO3S. The molecule has 1 aromatic heterocycles. The van der Waals surface area contributed by atoms with Crippen molar-refractivity contribution in [3.63, 3.8) is 0 Å². The Balaban J connectivity index is 2.47. The van der Waals surface area contributed by atoms with Crippen molar-refractivity contribution in [3.8, 4) is 11.8 Å². The first-order valence-corrected chi connectivity index (χ1v) is 10.2. The van der Waals surface area contributed by atoms with E-state index in [4.69, 9.17) is 0 Å². The van der Waals surface area contributed by atoms with Gasteiger partial charge in [0.15, 0.2) is 0 Å². The van der Waals surface area contributed by atoms with Crippen LogP contribution in [0.15, 0.2) is 17.7 Å². The highest BCUT2D eigenvalue weighted by atomic mass is 32.1. The van der Waals surface area contributed by atoms with E-state index in [-0.39, 0.29) is 22.2 Å². The van der Waals surface area contributed by atoms with Crippen LogP contribution < -0.4 is 4.90 Å². The van der Waals surface area contributed by atoms with Gasteiger partial charge in [0.25, 0.3) is 5.91 Å². The predicted octanol–water partition coefficient (Wildman–Crippen LogP) is 5.33. The topological polar surface area (TPSA) is 57.6 Å². The number of rotatable bonds is 4. The number of carboxylic acids is 1. The Kier molecular flexibility index (Phi) is 6.54. The average Bonchev–Trinajstić information content (AvgIpc) is 2.97. The fraction of sp³-hybridized carbons (Fsp3) is 0.545. The number of amides is 1. The van der Waals surface area contributed by atoms with Crippen LogP contribution in [0.25, 0.3) is 0 Å². The molecule has 0 saturated carbocycles. The van der Waals surface area contributed by atoms with Crippen LogP contribution in [0.1, 0.15) is 75.4 Å². The number of carbonyl (C=O) groups is 2. The molecule has 0 saturated heterocycles. The summed E-state index contributed by atoms with van der Waals surface area (Å²) >= 11 is 1.13. The molecule has 1 unspecified atom stereocenters. The van der Waals surface area contributed by atoms with Crippen LogP contribution in [0.5, 0.6) is 0 Å². The molecule has 0 aromatic carbocycles. The normalized spacial score (nSPS) is 17.1. The van der Waals surface area contributed by atoms with Gasteiger partial charge in [0.05, 0.1) is 10.6 Å². The van der Waals surface area contributed by atoms with E-state index in [0.717, 1.165) is 36.2 Å². The number of anilines is 1. The number of allylic oxidation sites excluding steroid dienone is 1. The lowest BCUT2D eigenvalue weighted by Gasteiger charge is -2.29. The molecule has 1 N–H and O–H groups in total. The number of hydrogen-bond acceptors (Lipinski definition) is 3. The van der Waals surface area contributed by atoms with Gasteiger partial charge in [0, 0.05) is 17.0 Å². The maximum absolute atomic E-state index is 13.2. The molecule has 1 amide bonds. The van der Waals surface area contributed by atoms with E-state index in [1.165, 1.54) is 0 Å². The van der Waals surface area contributed by atoms with Crippen LogP contribution in [0.4, 0.5) is 5.69 Å². The first kappa shape index (κ1) is 21.2. The summed E-state index contributed by atoms with van der Waals surface area (Å²) < 4.78 is 0. The fourth-order valence-corrected chi connectivity index (χ4v) is 3.80. The highest BCUT2D eigenvalue weighted by molar-refractivity contribution is 7.15. The van der Waals surface area contributed by atoms with Gasteiger partial charge in [-0.3, -0.25) is 4.79 Å². The Morgan fingerprint density at radius 3 is 2.48 bits per heavy atom. The van der Waals surface area contributed by atoms with Crippen molar-refractivity contribution in [1.29, 1.82) is 0 Å². The minimum absolute atomic E-state index is 0.0902. The van der Waals surface area contributed by atoms with Crippen molar-refractivity contribution in [2.24, 2.45) is 11.3 Å². The number of aromatic carboxylic acids is 1. The third-order valence-electron chi connectivity index (χ3n) is 4.41. The third kappa shape index (κ3) is 5.46. The lowest BCUT2D eigenvalue weighted by Crippen LogP contribution is -2.39. The van der Waals surface area contributed by atoms with E-state index >= 15 is 0 Å². The van der Waals surface area contributed by atoms with Crippen molar-refractivity contribution in [1.82, 2.24) is 0 Å². The number of thiophene rings is 1. The third-order valence-corrected chi connectivity index (χ3v) is 5.44. The molecule has 1 aromatic rings. The quantitative estimate of drug-likeness (QED) is 0.710. The van der Waals surface area contributed by atoms with Gasteiger partial charge in [-0.25, -0.2) is 4.79 Å². The van der Waals surface area contributed by atoms with E-state index < -0.39 is 5.97 Å². The SMILES string of the molecule is CC1CC=C(C(=O)N(c2cc(C#CC(C)(C)C)sc2C(=O)O)C(C)C)CC1. The van der Waals surface area contributed by atoms with Crippen molar-refractivity contribution in [2.75, 3.05) is 4.90 Å². The van der Waals surface area contributed by atoms with Crippen molar-refractivity contribution in [2.45, 2.75) is 66.8 Å². The maximum Gasteiger partial charge on any atom is 0.348 e. The zero-order chi connectivity index (χ0) is 20.4. The molecule has 4 nitrogen and oxygen atoms in total. The second kappa shape index (κ2) is 8.31. The van der Waals surface area contributed by atoms with Crippen LogP contribution in [0.2, 0.25) is 0 Å². The van der Waals surface area contributed by atoms with E-state index in [9.17, 15) is 14.7 Å². The Hall–Kier alpha value is -2.06. The summed E-state index contributed by atoms with van der Waals surface area (Å²) in [5.74, 6) is 5.68. The lowest BCUT2D eigenvalue weighted by atomic mass is 9.90. The molecule has 5 heteroatoms. The summed E-state index contributed by atoms with van der Waals surface area (Å²) in [5.41, 5.74) is 1.06. The van der Waals surface area contributed by atoms with Crippen molar-refractivity contribution in [3.05, 3.63) is 27.5 Å². The van der Waals surface area contributed by atoms with Crippen molar-refractivity contribution >= 4 is 28.9 Å². The minimum atomic E-state index is -1.02. The van der Waals surface area contributed by atoms with E-state index in [0.29, 0.717) is 16.5 Å². The second-order valence-electron chi connectivity index (χ2n) is 8.51. The maximum atomic E-state index is 13.2. The molecule has 146 valence electrons. The van der Waals surface area contributed by atoms with Crippen LogP contribution in [-0.2, 0) is 4.79 Å².